The van der Waals surface area contributed by atoms with Gasteiger partial charge in [0.1, 0.15) is 12.2 Å². The van der Waals surface area contributed by atoms with Gasteiger partial charge in [-0.05, 0) is 48.0 Å². The summed E-state index contributed by atoms with van der Waals surface area (Å²) in [5, 5.41) is 35.7. The molecule has 4 rings (SSSR count). The highest BCUT2D eigenvalue weighted by Crippen LogP contribution is 2.27. The number of primary amides is 1. The number of alkyl halides is 3. The molecule has 0 atom stereocenters. The van der Waals surface area contributed by atoms with Crippen molar-refractivity contribution < 1.29 is 32.7 Å². The van der Waals surface area contributed by atoms with Crippen LogP contribution in [0.15, 0.2) is 42.5 Å². The number of nitrogens with zero attached hydrogens (tertiary/aromatic N) is 7. The van der Waals surface area contributed by atoms with Gasteiger partial charge in [0.15, 0.2) is 0 Å². The van der Waals surface area contributed by atoms with Gasteiger partial charge in [-0.15, -0.1) is 10.2 Å². The molecule has 0 fully saturated rings. The number of nitrogens with one attached hydrogen (secondary N) is 2. The number of hydrogen-bond acceptors (Lipinski definition) is 9. The number of tetrazole rings is 1. The molecule has 0 saturated carbocycles. The normalized spacial score (nSPS) is 10.3. The van der Waals surface area contributed by atoms with Crippen LogP contribution in [-0.2, 0) is 17.5 Å². The second-order valence-electron chi connectivity index (χ2n) is 8.02. The van der Waals surface area contributed by atoms with E-state index in [2.05, 4.69) is 36.9 Å². The van der Waals surface area contributed by atoms with E-state index in [1.807, 2.05) is 6.07 Å². The summed E-state index contributed by atoms with van der Waals surface area (Å²) in [5.41, 5.74) is 5.46. The van der Waals surface area contributed by atoms with Crippen LogP contribution >= 0.6 is 11.6 Å². The summed E-state index contributed by atoms with van der Waals surface area (Å²) in [6.45, 7) is 1.29. The van der Waals surface area contributed by atoms with Crippen LogP contribution in [0.5, 0.6) is 0 Å². The Bertz CT molecular complexity index is 1650. The molecule has 226 valence electrons. The Morgan fingerprint density at radius 1 is 1.16 bits per heavy atom. The SMILES string of the molecule is CNC(=O)c1cc(C#N)cc(C)c1NC(=O)c1cc(Cn2nnc(C(F)(F)F)n2)nn1-c1ccccc1Cl.CO.NC=O. The molecule has 4 aromatic rings. The zero-order valence-corrected chi connectivity index (χ0v) is 23.5. The lowest BCUT2D eigenvalue weighted by Gasteiger charge is -2.15. The van der Waals surface area contributed by atoms with E-state index in [1.54, 1.807) is 31.2 Å². The Morgan fingerprint density at radius 3 is 2.37 bits per heavy atom. The van der Waals surface area contributed by atoms with Crippen molar-refractivity contribution in [1.29, 1.82) is 5.26 Å². The second-order valence-corrected chi connectivity index (χ2v) is 8.43. The van der Waals surface area contributed by atoms with Crippen LogP contribution in [0.2, 0.25) is 5.02 Å². The average molecular weight is 621 g/mol. The Balaban J connectivity index is 0.00000121. The maximum Gasteiger partial charge on any atom is 0.455 e. The van der Waals surface area contributed by atoms with Crippen molar-refractivity contribution in [1.82, 2.24) is 35.3 Å². The number of hydrogen-bond donors (Lipinski definition) is 4. The van der Waals surface area contributed by atoms with Crippen LogP contribution in [0.25, 0.3) is 5.69 Å². The van der Waals surface area contributed by atoms with Crippen molar-refractivity contribution in [2.75, 3.05) is 19.5 Å². The first-order chi connectivity index (χ1) is 20.4. The van der Waals surface area contributed by atoms with Crippen LogP contribution in [-0.4, -0.2) is 67.5 Å². The number of aryl methyl sites for hydroxylation is 1. The second kappa shape index (κ2) is 15.0. The van der Waals surface area contributed by atoms with Crippen LogP contribution in [0.3, 0.4) is 0 Å². The summed E-state index contributed by atoms with van der Waals surface area (Å²) in [5.74, 6) is -2.65. The molecule has 43 heavy (non-hydrogen) atoms. The minimum absolute atomic E-state index is 0.0455. The summed E-state index contributed by atoms with van der Waals surface area (Å²) < 4.78 is 39.8. The number of aromatic nitrogens is 6. The molecule has 0 aliphatic heterocycles. The highest BCUT2D eigenvalue weighted by Gasteiger charge is 2.37. The van der Waals surface area contributed by atoms with Crippen molar-refractivity contribution in [2.45, 2.75) is 19.6 Å². The number of nitriles is 1. The van der Waals surface area contributed by atoms with Crippen molar-refractivity contribution in [3.8, 4) is 11.8 Å². The molecule has 0 aliphatic carbocycles. The number of carbonyl (C=O) groups is 3. The topological polar surface area (TPSA) is 207 Å². The lowest BCUT2D eigenvalue weighted by atomic mass is 10.0. The number of aliphatic hydroxyl groups is 1. The fourth-order valence-corrected chi connectivity index (χ4v) is 3.77. The Kier molecular flexibility index (Phi) is 11.9. The maximum absolute atomic E-state index is 13.5. The number of nitrogens with two attached hydrogens (primary N) is 1. The van der Waals surface area contributed by atoms with Gasteiger partial charge in [-0.1, -0.05) is 23.7 Å². The van der Waals surface area contributed by atoms with Gasteiger partial charge in [-0.3, -0.25) is 14.4 Å². The van der Waals surface area contributed by atoms with Crippen LogP contribution in [0, 0.1) is 18.3 Å². The van der Waals surface area contributed by atoms with Gasteiger partial charge in [-0.25, -0.2) is 4.68 Å². The van der Waals surface area contributed by atoms with Crippen molar-refractivity contribution >= 4 is 35.5 Å². The van der Waals surface area contributed by atoms with Crippen LogP contribution in [0.1, 0.15) is 43.5 Å². The smallest absolute Gasteiger partial charge is 0.400 e. The highest BCUT2D eigenvalue weighted by atomic mass is 35.5. The molecule has 0 aliphatic rings. The number of halogens is 4. The lowest BCUT2D eigenvalue weighted by Crippen LogP contribution is -2.23. The van der Waals surface area contributed by atoms with E-state index in [0.29, 0.717) is 16.0 Å². The molecule has 2 aromatic heterocycles. The summed E-state index contributed by atoms with van der Waals surface area (Å²) in [7, 11) is 2.41. The number of anilines is 1. The van der Waals surface area contributed by atoms with E-state index in [0.717, 1.165) is 7.11 Å². The number of para-hydroxylation sites is 1. The lowest BCUT2D eigenvalue weighted by molar-refractivity contribution is -0.145. The molecule has 3 amide bonds. The Hall–Kier alpha value is -5.34. The molecule has 0 saturated heterocycles. The average Bonchev–Trinajstić information content (AvgIpc) is 3.63. The molecule has 2 heterocycles. The van der Waals surface area contributed by atoms with Crippen LogP contribution in [0.4, 0.5) is 18.9 Å². The van der Waals surface area contributed by atoms with Crippen molar-refractivity contribution in [3.05, 3.63) is 81.4 Å². The predicted molar refractivity (Wildman–Crippen MR) is 146 cm³/mol. The summed E-state index contributed by atoms with van der Waals surface area (Å²) in [6, 6.07) is 12.6. The molecule has 0 spiro atoms. The fourth-order valence-electron chi connectivity index (χ4n) is 3.55. The monoisotopic (exact) mass is 620 g/mol. The van der Waals surface area contributed by atoms with E-state index < -0.39 is 23.8 Å². The molecular formula is C25H24ClF3N10O4. The first-order valence-corrected chi connectivity index (χ1v) is 12.2. The van der Waals surface area contributed by atoms with Gasteiger partial charge >= 0.3 is 6.18 Å². The number of rotatable bonds is 6. The predicted octanol–water partition coefficient (Wildman–Crippen LogP) is 2.08. The third-order valence-electron chi connectivity index (χ3n) is 5.26. The number of benzene rings is 2. The van der Waals surface area contributed by atoms with Gasteiger partial charge in [0, 0.05) is 14.2 Å². The number of carbonyl (C=O) groups excluding carboxylic acids is 3. The van der Waals surface area contributed by atoms with Gasteiger partial charge in [0.25, 0.3) is 17.6 Å². The van der Waals surface area contributed by atoms with Crippen molar-refractivity contribution in [3.63, 3.8) is 0 Å². The van der Waals surface area contributed by atoms with E-state index in [9.17, 15) is 28.0 Å². The maximum atomic E-state index is 13.5. The summed E-state index contributed by atoms with van der Waals surface area (Å²) >= 11 is 6.32. The molecule has 5 N–H and O–H groups in total. The fraction of sp³-hybridized carbons (Fsp3) is 0.200. The summed E-state index contributed by atoms with van der Waals surface area (Å²) in [6.07, 6.45) is -4.53. The number of aliphatic hydroxyl groups excluding tert-OH is 1. The standard InChI is InChI=1S/C23H17ClF3N9O2.CH3NO.CH4O/c1-12-7-13(10-28)8-15(20(37)29-2)19(12)30-21(38)18-9-14(11-35-33-22(31-34-35)23(25,26)27)32-36(18)17-6-4-3-5-16(17)24;2-1-3;1-2/h3-9H,11H2,1-2H3,(H,29,37)(H,30,38);1H,(H2,2,3);2H,1H3. The largest absolute Gasteiger partial charge is 0.455 e. The van der Waals surface area contributed by atoms with Gasteiger partial charge in [-0.2, -0.15) is 28.3 Å². The Labute approximate surface area is 246 Å². The Morgan fingerprint density at radius 2 is 1.81 bits per heavy atom. The van der Waals surface area contributed by atoms with Gasteiger partial charge < -0.3 is 21.5 Å². The third kappa shape index (κ3) is 8.34. The third-order valence-corrected chi connectivity index (χ3v) is 5.58. The number of amides is 3. The zero-order valence-electron chi connectivity index (χ0n) is 22.7. The molecule has 14 nitrogen and oxygen atoms in total. The minimum Gasteiger partial charge on any atom is -0.400 e. The summed E-state index contributed by atoms with van der Waals surface area (Å²) in [4.78, 5) is 35.2. The molecule has 0 bridgehead atoms. The molecule has 18 heteroatoms. The van der Waals surface area contributed by atoms with Gasteiger partial charge in [0.05, 0.1) is 39.3 Å². The first-order valence-electron chi connectivity index (χ1n) is 11.8. The first kappa shape index (κ1) is 33.9. The highest BCUT2D eigenvalue weighted by molar-refractivity contribution is 6.32. The quantitative estimate of drug-likeness (QED) is 0.232. The van der Waals surface area contributed by atoms with E-state index >= 15 is 0 Å². The molecule has 2 aromatic carbocycles. The van der Waals surface area contributed by atoms with Gasteiger partial charge in [0.2, 0.25) is 6.41 Å². The van der Waals surface area contributed by atoms with Crippen molar-refractivity contribution in [2.24, 2.45) is 5.73 Å². The van der Waals surface area contributed by atoms with E-state index in [4.69, 9.17) is 21.5 Å². The van der Waals surface area contributed by atoms with Crippen LogP contribution < -0.4 is 16.4 Å². The molecular weight excluding hydrogens is 597 g/mol. The van der Waals surface area contributed by atoms with E-state index in [1.165, 1.54) is 29.9 Å². The van der Waals surface area contributed by atoms with E-state index in [-0.39, 0.29) is 46.2 Å². The zero-order chi connectivity index (χ0) is 32.3. The molecule has 0 radical (unpaired) electrons. The minimum atomic E-state index is -4.78. The molecule has 0 unspecified atom stereocenters.